The lowest BCUT2D eigenvalue weighted by molar-refractivity contribution is -0.0562. The number of para-hydroxylation sites is 1. The van der Waals surface area contributed by atoms with Crippen molar-refractivity contribution in [3.8, 4) is 0 Å². The zero-order chi connectivity index (χ0) is 15.1. The number of aliphatic hydroxyl groups is 1. The lowest BCUT2D eigenvalue weighted by atomic mass is 9.72. The molecule has 3 nitrogen and oxygen atoms in total. The molecule has 4 heterocycles. The molecule has 132 valence electrons. The smallest absolute Gasteiger partial charge is 0.0952 e. The molecular formula is C19H26Cl2N2O. The number of nitrogens with zero attached hydrogens (tertiary/aromatic N) is 2. The third-order valence-corrected chi connectivity index (χ3v) is 5.83. The number of piperidine rings is 3. The van der Waals surface area contributed by atoms with Crippen LogP contribution >= 0.6 is 24.8 Å². The summed E-state index contributed by atoms with van der Waals surface area (Å²) >= 11 is 0. The van der Waals surface area contributed by atoms with E-state index in [1.807, 2.05) is 30.5 Å². The maximum absolute atomic E-state index is 11.1. The van der Waals surface area contributed by atoms with E-state index in [9.17, 15) is 5.11 Å². The number of hydrogen-bond acceptors (Lipinski definition) is 3. The highest BCUT2D eigenvalue weighted by Crippen LogP contribution is 2.42. The minimum absolute atomic E-state index is 0. The van der Waals surface area contributed by atoms with E-state index in [0.29, 0.717) is 0 Å². The second kappa shape index (κ2) is 8.01. The van der Waals surface area contributed by atoms with Gasteiger partial charge in [-0.2, -0.15) is 0 Å². The first-order valence-electron chi connectivity index (χ1n) is 8.53. The molecule has 3 aliphatic rings. The summed E-state index contributed by atoms with van der Waals surface area (Å²) in [5, 5.41) is 12.1. The van der Waals surface area contributed by atoms with Crippen molar-refractivity contribution in [2.24, 2.45) is 11.8 Å². The quantitative estimate of drug-likeness (QED) is 0.880. The van der Waals surface area contributed by atoms with Crippen molar-refractivity contribution in [3.05, 3.63) is 42.1 Å². The molecule has 2 aromatic rings. The largest absolute Gasteiger partial charge is 0.387 e. The number of fused-ring (bicyclic) bond motifs is 4. The molecule has 0 aliphatic carbocycles. The van der Waals surface area contributed by atoms with Gasteiger partial charge in [0, 0.05) is 24.2 Å². The average molecular weight is 369 g/mol. The molecule has 1 aromatic carbocycles. The van der Waals surface area contributed by atoms with Gasteiger partial charge in [0.2, 0.25) is 0 Å². The molecule has 5 atom stereocenters. The summed E-state index contributed by atoms with van der Waals surface area (Å²) in [4.78, 5) is 6.94. The van der Waals surface area contributed by atoms with Crippen LogP contribution in [0.3, 0.4) is 0 Å². The van der Waals surface area contributed by atoms with Crippen LogP contribution in [0, 0.1) is 11.8 Å². The predicted molar refractivity (Wildman–Crippen MR) is 103 cm³/mol. The van der Waals surface area contributed by atoms with E-state index in [1.54, 1.807) is 0 Å². The minimum atomic E-state index is -0.409. The van der Waals surface area contributed by atoms with Crippen molar-refractivity contribution in [3.63, 3.8) is 0 Å². The van der Waals surface area contributed by atoms with E-state index in [0.717, 1.165) is 47.8 Å². The first kappa shape index (κ1) is 19.5. The number of aliphatic hydroxyl groups excluding tert-OH is 1. The van der Waals surface area contributed by atoms with Crippen molar-refractivity contribution in [2.45, 2.75) is 38.3 Å². The second-order valence-corrected chi connectivity index (χ2v) is 6.88. The van der Waals surface area contributed by atoms with Gasteiger partial charge in [-0.25, -0.2) is 0 Å². The molecule has 5 rings (SSSR count). The Hall–Kier alpha value is -0.870. The molecule has 5 heteroatoms. The van der Waals surface area contributed by atoms with Gasteiger partial charge in [0.25, 0.3) is 0 Å². The SMILES string of the molecule is CC[C@H]1CN2CC[C@H]1C[C@H]2[C@H](O)c1ccnc2ccccc12.Cl.Cl. The number of rotatable bonds is 3. The highest BCUT2D eigenvalue weighted by Gasteiger charge is 2.42. The standard InChI is InChI=1S/C19H24N2O.2ClH/c1-2-13-12-21-10-8-14(13)11-18(21)19(22)16-7-9-20-17-6-4-3-5-15(16)17;;/h3-7,9,13-14,18-19,22H,2,8,10-12H2,1H3;2*1H/t13-,14-,18-,19+;;/m0../s1. The van der Waals surface area contributed by atoms with Crippen molar-refractivity contribution >= 4 is 35.7 Å². The zero-order valence-electron chi connectivity index (χ0n) is 14.0. The number of aromatic nitrogens is 1. The molecule has 24 heavy (non-hydrogen) atoms. The summed E-state index contributed by atoms with van der Waals surface area (Å²) in [6.45, 7) is 4.60. The van der Waals surface area contributed by atoms with Crippen LogP contribution in [0.15, 0.2) is 36.5 Å². The lowest BCUT2D eigenvalue weighted by Crippen LogP contribution is -2.55. The fraction of sp³-hybridized carbons (Fsp3) is 0.526. The third kappa shape index (κ3) is 3.28. The number of pyridine rings is 1. The van der Waals surface area contributed by atoms with Crippen LogP contribution in [0.5, 0.6) is 0 Å². The second-order valence-electron chi connectivity index (χ2n) is 6.88. The predicted octanol–water partition coefficient (Wildman–Crippen LogP) is 4.23. The van der Waals surface area contributed by atoms with E-state index in [2.05, 4.69) is 22.9 Å². The van der Waals surface area contributed by atoms with Crippen LogP contribution in [-0.4, -0.2) is 34.1 Å². The molecule has 1 N–H and O–H groups in total. The maximum atomic E-state index is 11.1. The minimum Gasteiger partial charge on any atom is -0.387 e. The van der Waals surface area contributed by atoms with Gasteiger partial charge >= 0.3 is 0 Å². The van der Waals surface area contributed by atoms with E-state index < -0.39 is 6.10 Å². The van der Waals surface area contributed by atoms with E-state index in [-0.39, 0.29) is 30.9 Å². The molecule has 0 spiro atoms. The lowest BCUT2D eigenvalue weighted by Gasteiger charge is -2.51. The van der Waals surface area contributed by atoms with Crippen LogP contribution in [0.2, 0.25) is 0 Å². The summed E-state index contributed by atoms with van der Waals surface area (Å²) < 4.78 is 0. The summed E-state index contributed by atoms with van der Waals surface area (Å²) in [5.41, 5.74) is 2.01. The van der Waals surface area contributed by atoms with Gasteiger partial charge in [0.05, 0.1) is 11.6 Å². The summed E-state index contributed by atoms with van der Waals surface area (Å²) in [6.07, 6.45) is 5.12. The molecule has 3 aliphatic heterocycles. The van der Waals surface area contributed by atoms with Gasteiger partial charge in [-0.1, -0.05) is 31.5 Å². The molecule has 0 radical (unpaired) electrons. The summed E-state index contributed by atoms with van der Waals surface area (Å²) in [5.74, 6) is 1.62. The molecule has 3 saturated heterocycles. The van der Waals surface area contributed by atoms with Crippen molar-refractivity contribution in [1.29, 1.82) is 0 Å². The number of halogens is 2. The monoisotopic (exact) mass is 368 g/mol. The first-order valence-corrected chi connectivity index (χ1v) is 8.53. The number of benzene rings is 1. The summed E-state index contributed by atoms with van der Waals surface area (Å²) in [6, 6.07) is 10.4. The maximum Gasteiger partial charge on any atom is 0.0952 e. The van der Waals surface area contributed by atoms with E-state index in [1.165, 1.54) is 12.8 Å². The van der Waals surface area contributed by atoms with Gasteiger partial charge in [0.1, 0.15) is 0 Å². The van der Waals surface area contributed by atoms with Crippen LogP contribution in [-0.2, 0) is 0 Å². The Balaban J connectivity index is 0.00000104. The van der Waals surface area contributed by atoms with Crippen LogP contribution < -0.4 is 0 Å². The highest BCUT2D eigenvalue weighted by atomic mass is 35.5. The molecule has 1 unspecified atom stereocenters. The normalized spacial score (nSPS) is 29.6. The molecule has 2 bridgehead atoms. The van der Waals surface area contributed by atoms with Crippen LogP contribution in [0.25, 0.3) is 10.9 Å². The fourth-order valence-corrected chi connectivity index (χ4v) is 4.55. The molecular weight excluding hydrogens is 343 g/mol. The van der Waals surface area contributed by atoms with Gasteiger partial charge in [-0.05, 0) is 48.9 Å². The van der Waals surface area contributed by atoms with E-state index >= 15 is 0 Å². The Morgan fingerprint density at radius 2 is 2.04 bits per heavy atom. The fourth-order valence-electron chi connectivity index (χ4n) is 4.55. The number of hydrogen-bond donors (Lipinski definition) is 1. The summed E-state index contributed by atoms with van der Waals surface area (Å²) in [7, 11) is 0. The van der Waals surface area contributed by atoms with E-state index in [4.69, 9.17) is 0 Å². The van der Waals surface area contributed by atoms with Crippen molar-refractivity contribution in [1.82, 2.24) is 9.88 Å². The van der Waals surface area contributed by atoms with Crippen molar-refractivity contribution in [2.75, 3.05) is 13.1 Å². The Kier molecular flexibility index (Phi) is 6.49. The van der Waals surface area contributed by atoms with Crippen molar-refractivity contribution < 1.29 is 5.11 Å². The Labute approximate surface area is 156 Å². The molecule has 3 fully saturated rings. The first-order chi connectivity index (χ1) is 10.8. The van der Waals surface area contributed by atoms with Gasteiger partial charge < -0.3 is 5.11 Å². The third-order valence-electron chi connectivity index (χ3n) is 5.83. The molecule has 1 aromatic heterocycles. The van der Waals surface area contributed by atoms with Gasteiger partial charge in [-0.15, -0.1) is 24.8 Å². The van der Waals surface area contributed by atoms with Gasteiger partial charge in [-0.3, -0.25) is 9.88 Å². The van der Waals surface area contributed by atoms with Gasteiger partial charge in [0.15, 0.2) is 0 Å². The van der Waals surface area contributed by atoms with Crippen LogP contribution in [0.1, 0.15) is 37.9 Å². The molecule has 0 amide bonds. The average Bonchev–Trinajstić information content (AvgIpc) is 2.60. The Morgan fingerprint density at radius 1 is 1.25 bits per heavy atom. The Bertz CT molecular complexity index is 676. The molecule has 0 saturated carbocycles. The van der Waals surface area contributed by atoms with Crippen LogP contribution in [0.4, 0.5) is 0 Å². The Morgan fingerprint density at radius 3 is 2.75 bits per heavy atom. The topological polar surface area (TPSA) is 36.4 Å². The zero-order valence-corrected chi connectivity index (χ0v) is 15.6. The highest BCUT2D eigenvalue weighted by molar-refractivity contribution is 5.85.